The Morgan fingerprint density at radius 2 is 2.27 bits per heavy atom. The van der Waals surface area contributed by atoms with Crippen LogP contribution in [0.5, 0.6) is 0 Å². The monoisotopic (exact) mass is 252 g/mol. The number of aromatic nitrogens is 2. The Labute approximate surface area is 93.9 Å². The van der Waals surface area contributed by atoms with E-state index in [2.05, 4.69) is 5.10 Å². The van der Waals surface area contributed by atoms with Crippen molar-refractivity contribution in [2.45, 2.75) is 11.4 Å². The molecule has 1 rings (SSSR count). The summed E-state index contributed by atoms with van der Waals surface area (Å²) in [7, 11) is -3.16. The van der Waals surface area contributed by atoms with E-state index < -0.39 is 9.84 Å². The van der Waals surface area contributed by atoms with Gasteiger partial charge in [0.25, 0.3) is 0 Å². The van der Waals surface area contributed by atoms with Gasteiger partial charge in [-0.2, -0.15) is 5.10 Å². The molecular weight excluding hydrogens is 240 g/mol. The molecule has 0 amide bonds. The largest absolute Gasteiger partial charge is 0.378 e. The van der Waals surface area contributed by atoms with E-state index in [1.165, 1.54) is 17.1 Å². The van der Waals surface area contributed by atoms with E-state index in [1.807, 2.05) is 0 Å². The topological polar surface area (TPSA) is 61.2 Å². The lowest BCUT2D eigenvalue weighted by atomic mass is 10.6. The number of hydrogen-bond donors (Lipinski definition) is 0. The van der Waals surface area contributed by atoms with Crippen LogP contribution in [0.4, 0.5) is 0 Å². The van der Waals surface area contributed by atoms with E-state index in [0.717, 1.165) is 6.26 Å². The fourth-order valence-corrected chi connectivity index (χ4v) is 1.63. The lowest BCUT2D eigenvalue weighted by molar-refractivity contribution is 0.138. The van der Waals surface area contributed by atoms with Crippen molar-refractivity contribution < 1.29 is 13.2 Å². The summed E-state index contributed by atoms with van der Waals surface area (Å²) >= 11 is 5.42. The van der Waals surface area contributed by atoms with E-state index in [1.54, 1.807) is 0 Å². The quantitative estimate of drug-likeness (QED) is 0.548. The number of rotatable bonds is 6. The molecule has 1 aromatic rings. The Balaban J connectivity index is 2.47. The van der Waals surface area contributed by atoms with Crippen molar-refractivity contribution >= 4 is 21.4 Å². The van der Waals surface area contributed by atoms with Gasteiger partial charge in [-0.05, 0) is 0 Å². The molecule has 1 heterocycles. The van der Waals surface area contributed by atoms with Crippen molar-refractivity contribution in [3.8, 4) is 0 Å². The number of alkyl halides is 1. The number of sulfone groups is 1. The lowest BCUT2D eigenvalue weighted by Crippen LogP contribution is -2.07. The van der Waals surface area contributed by atoms with Gasteiger partial charge in [0.15, 0.2) is 9.84 Å². The highest BCUT2D eigenvalue weighted by atomic mass is 35.5. The van der Waals surface area contributed by atoms with Crippen LogP contribution in [0.1, 0.15) is 0 Å². The zero-order chi connectivity index (χ0) is 11.3. The van der Waals surface area contributed by atoms with Gasteiger partial charge in [0, 0.05) is 18.3 Å². The normalized spacial score (nSPS) is 11.9. The molecule has 0 saturated carbocycles. The van der Waals surface area contributed by atoms with Crippen molar-refractivity contribution in [3.63, 3.8) is 0 Å². The minimum atomic E-state index is -3.16. The van der Waals surface area contributed by atoms with Crippen LogP contribution in [0.2, 0.25) is 0 Å². The summed E-state index contributed by atoms with van der Waals surface area (Å²) in [6.45, 7) is 1.48. The summed E-state index contributed by atoms with van der Waals surface area (Å²) in [6, 6.07) is 0. The first-order chi connectivity index (χ1) is 7.04. The molecular formula is C8H13ClN2O3S. The van der Waals surface area contributed by atoms with Gasteiger partial charge >= 0.3 is 0 Å². The van der Waals surface area contributed by atoms with E-state index >= 15 is 0 Å². The molecule has 0 unspecified atom stereocenters. The van der Waals surface area contributed by atoms with Gasteiger partial charge in [-0.3, -0.25) is 4.68 Å². The molecule has 0 spiro atoms. The second-order valence-corrected chi connectivity index (χ2v) is 5.41. The Morgan fingerprint density at radius 1 is 1.53 bits per heavy atom. The summed E-state index contributed by atoms with van der Waals surface area (Å²) in [5.74, 6) is 0.452. The van der Waals surface area contributed by atoms with Crippen LogP contribution in [-0.4, -0.2) is 43.5 Å². The molecule has 0 atom stereocenters. The average molecular weight is 253 g/mol. The lowest BCUT2D eigenvalue weighted by Gasteiger charge is -2.01. The van der Waals surface area contributed by atoms with Crippen LogP contribution in [0.15, 0.2) is 17.3 Å². The average Bonchev–Trinajstić information content (AvgIpc) is 2.60. The maximum Gasteiger partial charge on any atom is 0.178 e. The first-order valence-corrected chi connectivity index (χ1v) is 6.83. The number of nitrogens with zero attached hydrogens (tertiary/aromatic N) is 2. The molecule has 0 radical (unpaired) electrons. The van der Waals surface area contributed by atoms with Crippen LogP contribution < -0.4 is 0 Å². The fraction of sp³-hybridized carbons (Fsp3) is 0.625. The van der Waals surface area contributed by atoms with E-state index in [4.69, 9.17) is 16.3 Å². The van der Waals surface area contributed by atoms with Crippen LogP contribution >= 0.6 is 11.6 Å². The van der Waals surface area contributed by atoms with Crippen LogP contribution in [0.25, 0.3) is 0 Å². The molecule has 15 heavy (non-hydrogen) atoms. The second-order valence-electron chi connectivity index (χ2n) is 3.01. The fourth-order valence-electron chi connectivity index (χ4n) is 0.973. The zero-order valence-corrected chi connectivity index (χ0v) is 9.96. The summed E-state index contributed by atoms with van der Waals surface area (Å²) in [4.78, 5) is 0.222. The first-order valence-electron chi connectivity index (χ1n) is 4.40. The Kier molecular flexibility index (Phi) is 4.56. The molecule has 0 aliphatic rings. The maximum atomic E-state index is 11.1. The van der Waals surface area contributed by atoms with Gasteiger partial charge in [-0.25, -0.2) is 8.42 Å². The van der Waals surface area contributed by atoms with Gasteiger partial charge < -0.3 is 4.74 Å². The summed E-state index contributed by atoms with van der Waals surface area (Å²) in [5, 5.41) is 3.90. The van der Waals surface area contributed by atoms with Crippen molar-refractivity contribution in [3.05, 3.63) is 12.4 Å². The summed E-state index contributed by atoms with van der Waals surface area (Å²) in [6.07, 6.45) is 3.97. The van der Waals surface area contributed by atoms with Gasteiger partial charge in [0.05, 0.1) is 26.0 Å². The third-order valence-corrected chi connectivity index (χ3v) is 2.95. The second kappa shape index (κ2) is 5.48. The molecule has 1 aromatic heterocycles. The van der Waals surface area contributed by atoms with E-state index in [9.17, 15) is 8.42 Å². The minimum absolute atomic E-state index is 0.222. The van der Waals surface area contributed by atoms with E-state index in [-0.39, 0.29) is 4.90 Å². The SMILES string of the molecule is CS(=O)(=O)c1cnn(CCOCCCl)c1. The standard InChI is InChI=1S/C8H13ClN2O3S/c1-15(12,13)8-6-10-11(7-8)3-5-14-4-2-9/h6-7H,2-5H2,1H3. The van der Waals surface area contributed by atoms with Crippen LogP contribution in [0, 0.1) is 0 Å². The van der Waals surface area contributed by atoms with Crippen molar-refractivity contribution in [1.29, 1.82) is 0 Å². The number of hydrogen-bond acceptors (Lipinski definition) is 4. The molecule has 0 saturated heterocycles. The van der Waals surface area contributed by atoms with Gasteiger partial charge in [-0.15, -0.1) is 11.6 Å². The Morgan fingerprint density at radius 3 is 2.80 bits per heavy atom. The molecule has 0 N–H and O–H groups in total. The number of ether oxygens (including phenoxy) is 1. The van der Waals surface area contributed by atoms with Crippen LogP contribution in [0.3, 0.4) is 0 Å². The highest BCUT2D eigenvalue weighted by Crippen LogP contribution is 2.05. The van der Waals surface area contributed by atoms with E-state index in [0.29, 0.717) is 25.6 Å². The molecule has 0 bridgehead atoms. The van der Waals surface area contributed by atoms with Crippen LogP contribution in [-0.2, 0) is 21.1 Å². The smallest absolute Gasteiger partial charge is 0.178 e. The van der Waals surface area contributed by atoms with Crippen molar-refractivity contribution in [1.82, 2.24) is 9.78 Å². The van der Waals surface area contributed by atoms with Crippen molar-refractivity contribution in [2.24, 2.45) is 0 Å². The first kappa shape index (κ1) is 12.5. The Bertz CT molecular complexity index is 402. The predicted octanol–water partition coefficient (Wildman–Crippen LogP) is 0.542. The third kappa shape index (κ3) is 4.19. The summed E-state index contributed by atoms with van der Waals surface area (Å²) < 4.78 is 28.9. The molecule has 86 valence electrons. The molecule has 7 heteroatoms. The molecule has 0 aromatic carbocycles. The molecule has 0 aliphatic carbocycles. The van der Waals surface area contributed by atoms with Gasteiger partial charge in [0.1, 0.15) is 4.90 Å². The molecule has 5 nitrogen and oxygen atoms in total. The highest BCUT2D eigenvalue weighted by molar-refractivity contribution is 7.90. The zero-order valence-electron chi connectivity index (χ0n) is 8.39. The summed E-state index contributed by atoms with van der Waals surface area (Å²) in [5.41, 5.74) is 0. The maximum absolute atomic E-state index is 11.1. The van der Waals surface area contributed by atoms with Crippen molar-refractivity contribution in [2.75, 3.05) is 25.3 Å². The highest BCUT2D eigenvalue weighted by Gasteiger charge is 2.09. The molecule has 0 fully saturated rings. The van der Waals surface area contributed by atoms with Gasteiger partial charge in [0.2, 0.25) is 0 Å². The Hall–Kier alpha value is -0.590. The minimum Gasteiger partial charge on any atom is -0.378 e. The van der Waals surface area contributed by atoms with Gasteiger partial charge in [-0.1, -0.05) is 0 Å². The predicted molar refractivity (Wildman–Crippen MR) is 56.9 cm³/mol. The molecule has 0 aliphatic heterocycles. The number of halogens is 1. The third-order valence-electron chi connectivity index (χ3n) is 1.72.